The summed E-state index contributed by atoms with van der Waals surface area (Å²) >= 11 is 0. The molecule has 16 heavy (non-hydrogen) atoms. The van der Waals surface area contributed by atoms with Crippen molar-refractivity contribution in [1.29, 1.82) is 0 Å². The highest BCUT2D eigenvalue weighted by Gasteiger charge is 1.99. The van der Waals surface area contributed by atoms with Crippen molar-refractivity contribution in [2.75, 3.05) is 5.32 Å². The molecule has 5 nitrogen and oxygen atoms in total. The number of aromatic amines is 1. The van der Waals surface area contributed by atoms with Crippen molar-refractivity contribution >= 4 is 5.82 Å². The summed E-state index contributed by atoms with van der Waals surface area (Å²) in [6.45, 7) is 2.42. The van der Waals surface area contributed by atoms with Crippen LogP contribution in [0.2, 0.25) is 0 Å². The number of nitrogens with zero attached hydrogens (tertiary/aromatic N) is 2. The molecule has 0 saturated carbocycles. The summed E-state index contributed by atoms with van der Waals surface area (Å²) in [7, 11) is 0. The number of nitrogens with one attached hydrogen (secondary N) is 2. The van der Waals surface area contributed by atoms with Gasteiger partial charge in [-0.3, -0.25) is 9.78 Å². The van der Waals surface area contributed by atoms with E-state index in [1.807, 2.05) is 25.1 Å². The van der Waals surface area contributed by atoms with Crippen LogP contribution in [0.4, 0.5) is 5.82 Å². The lowest BCUT2D eigenvalue weighted by molar-refractivity contribution is 0.989. The van der Waals surface area contributed by atoms with Gasteiger partial charge < -0.3 is 10.3 Å². The first-order valence-corrected chi connectivity index (χ1v) is 4.96. The summed E-state index contributed by atoms with van der Waals surface area (Å²) < 4.78 is 0. The summed E-state index contributed by atoms with van der Waals surface area (Å²) in [5.74, 6) is 0.311. The molecule has 82 valence electrons. The quantitative estimate of drug-likeness (QED) is 0.805. The zero-order valence-corrected chi connectivity index (χ0v) is 8.90. The minimum atomic E-state index is -0.227. The van der Waals surface area contributed by atoms with Crippen LogP contribution in [0.5, 0.6) is 0 Å². The number of pyridine rings is 1. The van der Waals surface area contributed by atoms with Crippen molar-refractivity contribution in [3.8, 4) is 0 Å². The number of aryl methyl sites for hydroxylation is 1. The molecule has 5 heteroatoms. The van der Waals surface area contributed by atoms with E-state index in [0.29, 0.717) is 12.4 Å². The van der Waals surface area contributed by atoms with Gasteiger partial charge in [0.15, 0.2) is 5.82 Å². The molecule has 2 aromatic rings. The van der Waals surface area contributed by atoms with E-state index in [0.717, 1.165) is 11.4 Å². The minimum absolute atomic E-state index is 0.227. The summed E-state index contributed by atoms with van der Waals surface area (Å²) in [5, 5.41) is 2.94. The van der Waals surface area contributed by atoms with Gasteiger partial charge in [0.25, 0.3) is 5.56 Å². The highest BCUT2D eigenvalue weighted by atomic mass is 16.1. The molecule has 2 heterocycles. The van der Waals surface area contributed by atoms with Crippen LogP contribution in [-0.4, -0.2) is 15.0 Å². The van der Waals surface area contributed by atoms with E-state index < -0.39 is 0 Å². The van der Waals surface area contributed by atoms with E-state index in [-0.39, 0.29) is 5.56 Å². The van der Waals surface area contributed by atoms with Crippen molar-refractivity contribution in [1.82, 2.24) is 15.0 Å². The Labute approximate surface area is 92.6 Å². The SMILES string of the molecule is Cc1cccc(CNc2ncc[nH]c2=O)n1. The number of anilines is 1. The van der Waals surface area contributed by atoms with Gasteiger partial charge in [-0.1, -0.05) is 6.07 Å². The third kappa shape index (κ3) is 2.44. The Morgan fingerprint density at radius 2 is 2.31 bits per heavy atom. The van der Waals surface area contributed by atoms with E-state index in [4.69, 9.17) is 0 Å². The van der Waals surface area contributed by atoms with Gasteiger partial charge in [0, 0.05) is 18.1 Å². The Kier molecular flexibility index (Phi) is 2.95. The molecule has 2 rings (SSSR count). The predicted octanol–water partition coefficient (Wildman–Crippen LogP) is 1.09. The number of H-pyrrole nitrogens is 1. The molecule has 0 aliphatic rings. The number of hydrogen-bond donors (Lipinski definition) is 2. The summed E-state index contributed by atoms with van der Waals surface area (Å²) in [6.07, 6.45) is 3.03. The van der Waals surface area contributed by atoms with Crippen LogP contribution in [0.25, 0.3) is 0 Å². The van der Waals surface area contributed by atoms with Crippen molar-refractivity contribution in [2.24, 2.45) is 0 Å². The second kappa shape index (κ2) is 4.57. The van der Waals surface area contributed by atoms with Crippen LogP contribution in [0, 0.1) is 6.92 Å². The van der Waals surface area contributed by atoms with Crippen LogP contribution in [0.1, 0.15) is 11.4 Å². The molecule has 0 aromatic carbocycles. The highest BCUT2D eigenvalue weighted by molar-refractivity contribution is 5.31. The molecule has 0 spiro atoms. The highest BCUT2D eigenvalue weighted by Crippen LogP contribution is 2.00. The molecule has 0 saturated heterocycles. The van der Waals surface area contributed by atoms with Gasteiger partial charge in [0.1, 0.15) is 0 Å². The molecule has 0 fully saturated rings. The summed E-state index contributed by atoms with van der Waals surface area (Å²) in [4.78, 5) is 22.1. The van der Waals surface area contributed by atoms with Crippen LogP contribution in [0.15, 0.2) is 35.4 Å². The first-order chi connectivity index (χ1) is 7.75. The Morgan fingerprint density at radius 1 is 1.44 bits per heavy atom. The van der Waals surface area contributed by atoms with Gasteiger partial charge >= 0.3 is 0 Å². The minimum Gasteiger partial charge on any atom is -0.360 e. The molecule has 2 N–H and O–H groups in total. The zero-order chi connectivity index (χ0) is 11.4. The van der Waals surface area contributed by atoms with Gasteiger partial charge in [0.2, 0.25) is 0 Å². The average molecular weight is 216 g/mol. The Balaban J connectivity index is 2.08. The lowest BCUT2D eigenvalue weighted by atomic mass is 10.3. The van der Waals surface area contributed by atoms with Gasteiger partial charge in [-0.2, -0.15) is 0 Å². The maximum atomic E-state index is 11.3. The van der Waals surface area contributed by atoms with Crippen molar-refractivity contribution in [3.63, 3.8) is 0 Å². The second-order valence-electron chi connectivity index (χ2n) is 3.39. The van der Waals surface area contributed by atoms with E-state index in [2.05, 4.69) is 20.3 Å². The van der Waals surface area contributed by atoms with Gasteiger partial charge in [0.05, 0.1) is 12.2 Å². The van der Waals surface area contributed by atoms with Gasteiger partial charge in [-0.05, 0) is 19.1 Å². The van der Waals surface area contributed by atoms with E-state index >= 15 is 0 Å². The fraction of sp³-hybridized carbons (Fsp3) is 0.182. The van der Waals surface area contributed by atoms with Crippen LogP contribution in [-0.2, 0) is 6.54 Å². The third-order valence-corrected chi connectivity index (χ3v) is 2.09. The average Bonchev–Trinajstić information content (AvgIpc) is 2.28. The normalized spacial score (nSPS) is 10.1. The van der Waals surface area contributed by atoms with Crippen LogP contribution >= 0.6 is 0 Å². The third-order valence-electron chi connectivity index (χ3n) is 2.09. The standard InChI is InChI=1S/C11H12N4O/c1-8-3-2-4-9(15-8)7-14-10-11(16)13-6-5-12-10/h2-6H,7H2,1H3,(H,12,14)(H,13,16). The first-order valence-electron chi connectivity index (χ1n) is 4.96. The molecule has 0 aliphatic carbocycles. The molecule has 0 bridgehead atoms. The Bertz CT molecular complexity index is 535. The molecule has 0 unspecified atom stereocenters. The predicted molar refractivity (Wildman–Crippen MR) is 61.2 cm³/mol. The summed E-state index contributed by atoms with van der Waals surface area (Å²) in [5.41, 5.74) is 1.61. The number of hydrogen-bond acceptors (Lipinski definition) is 4. The smallest absolute Gasteiger partial charge is 0.290 e. The molecule has 0 radical (unpaired) electrons. The monoisotopic (exact) mass is 216 g/mol. The van der Waals surface area contributed by atoms with E-state index in [1.54, 1.807) is 0 Å². The van der Waals surface area contributed by atoms with Crippen LogP contribution < -0.4 is 10.9 Å². The molecule has 0 amide bonds. The lowest BCUT2D eigenvalue weighted by Gasteiger charge is -2.04. The van der Waals surface area contributed by atoms with E-state index in [1.165, 1.54) is 12.4 Å². The van der Waals surface area contributed by atoms with Crippen molar-refractivity contribution in [3.05, 3.63) is 52.3 Å². The molecular weight excluding hydrogens is 204 g/mol. The Morgan fingerprint density at radius 3 is 3.06 bits per heavy atom. The first kappa shape index (κ1) is 10.4. The van der Waals surface area contributed by atoms with E-state index in [9.17, 15) is 4.79 Å². The topological polar surface area (TPSA) is 70.7 Å². The fourth-order valence-electron chi connectivity index (χ4n) is 1.35. The molecule has 2 aromatic heterocycles. The molecular formula is C11H12N4O. The maximum Gasteiger partial charge on any atom is 0.290 e. The van der Waals surface area contributed by atoms with Gasteiger partial charge in [-0.25, -0.2) is 4.98 Å². The Hall–Kier alpha value is -2.17. The van der Waals surface area contributed by atoms with Crippen LogP contribution in [0.3, 0.4) is 0 Å². The summed E-state index contributed by atoms with van der Waals surface area (Å²) in [6, 6.07) is 5.76. The largest absolute Gasteiger partial charge is 0.360 e. The maximum absolute atomic E-state index is 11.3. The van der Waals surface area contributed by atoms with Gasteiger partial charge in [-0.15, -0.1) is 0 Å². The fourth-order valence-corrected chi connectivity index (χ4v) is 1.35. The second-order valence-corrected chi connectivity index (χ2v) is 3.39. The molecule has 0 aliphatic heterocycles. The molecule has 0 atom stereocenters. The van der Waals surface area contributed by atoms with Crippen molar-refractivity contribution in [2.45, 2.75) is 13.5 Å². The number of rotatable bonds is 3. The lowest BCUT2D eigenvalue weighted by Crippen LogP contribution is -2.15. The zero-order valence-electron chi connectivity index (χ0n) is 8.90. The number of aromatic nitrogens is 3. The van der Waals surface area contributed by atoms with Crippen molar-refractivity contribution < 1.29 is 0 Å².